The second kappa shape index (κ2) is 5.31. The average molecular weight is 307 g/mol. The van der Waals surface area contributed by atoms with Crippen molar-refractivity contribution in [3.8, 4) is 0 Å². The molecule has 1 aliphatic carbocycles. The van der Waals surface area contributed by atoms with Gasteiger partial charge >= 0.3 is 0 Å². The monoisotopic (exact) mass is 307 g/mol. The highest BCUT2D eigenvalue weighted by Crippen LogP contribution is 2.45. The van der Waals surface area contributed by atoms with E-state index in [9.17, 15) is 14.9 Å². The van der Waals surface area contributed by atoms with Crippen LogP contribution in [0.3, 0.4) is 0 Å². The summed E-state index contributed by atoms with van der Waals surface area (Å²) in [6.07, 6.45) is 3.60. The van der Waals surface area contributed by atoms with Crippen LogP contribution in [0, 0.1) is 10.1 Å². The molecule has 1 saturated carbocycles. The van der Waals surface area contributed by atoms with E-state index >= 15 is 0 Å². The Kier molecular flexibility index (Phi) is 3.62. The van der Waals surface area contributed by atoms with Gasteiger partial charge in [-0.1, -0.05) is 0 Å². The third kappa shape index (κ3) is 2.51. The molecule has 21 heavy (non-hydrogen) atoms. The Hall–Kier alpha value is -1.60. The van der Waals surface area contributed by atoms with E-state index in [0.717, 1.165) is 24.2 Å². The first-order valence-corrected chi connectivity index (χ1v) is 8.29. The third-order valence-corrected chi connectivity index (χ3v) is 4.69. The smallest absolute Gasteiger partial charge is 0.269 e. The maximum absolute atomic E-state index is 12.5. The maximum Gasteiger partial charge on any atom is 0.269 e. The molecule has 112 valence electrons. The molecule has 0 aromatic heterocycles. The van der Waals surface area contributed by atoms with Gasteiger partial charge in [-0.2, -0.15) is 11.8 Å². The molecule has 1 spiro atoms. The van der Waals surface area contributed by atoms with Gasteiger partial charge in [0.2, 0.25) is 5.91 Å². The summed E-state index contributed by atoms with van der Waals surface area (Å²) in [5.74, 6) is 1.05. The minimum absolute atomic E-state index is 0.0693. The lowest BCUT2D eigenvalue weighted by Crippen LogP contribution is -2.33. The van der Waals surface area contributed by atoms with Gasteiger partial charge in [-0.15, -0.1) is 0 Å². The van der Waals surface area contributed by atoms with Crippen LogP contribution in [0.5, 0.6) is 0 Å². The summed E-state index contributed by atoms with van der Waals surface area (Å²) >= 11 is 1.70. The number of carbonyl (C=O) groups excluding carboxylic acids is 1. The minimum Gasteiger partial charge on any atom is -0.320 e. The number of hydrogen-bond donors (Lipinski definition) is 1. The first kappa shape index (κ1) is 14.3. The van der Waals surface area contributed by atoms with Gasteiger partial charge in [-0.05, 0) is 36.8 Å². The molecule has 2 fully saturated rings. The minimum atomic E-state index is -0.412. The van der Waals surface area contributed by atoms with Gasteiger partial charge in [-0.3, -0.25) is 20.2 Å². The summed E-state index contributed by atoms with van der Waals surface area (Å²) in [5.41, 5.74) is 0.601. The highest BCUT2D eigenvalue weighted by atomic mass is 32.2. The van der Waals surface area contributed by atoms with Crippen molar-refractivity contribution in [1.29, 1.82) is 0 Å². The van der Waals surface area contributed by atoms with Crippen LogP contribution in [-0.2, 0) is 4.79 Å². The summed E-state index contributed by atoms with van der Waals surface area (Å²) in [6.45, 7) is 0.691. The highest BCUT2D eigenvalue weighted by Gasteiger charge is 2.59. The Morgan fingerprint density at radius 2 is 2.10 bits per heavy atom. The summed E-state index contributed by atoms with van der Waals surface area (Å²) in [5, 5.41) is 14.1. The molecule has 7 heteroatoms. The number of nitro groups is 1. The third-order valence-electron chi connectivity index (χ3n) is 4.10. The standard InChI is InChI=1S/C14H17N3O3S/c1-21-9-8-16-12(15-14(6-7-14)13(16)18)10-2-4-11(5-3-10)17(19)20/h2-5,12,15H,6-9H2,1H3. The molecule has 1 amide bonds. The first-order valence-electron chi connectivity index (χ1n) is 6.89. The number of nitrogens with one attached hydrogen (secondary N) is 1. The van der Waals surface area contributed by atoms with Crippen molar-refractivity contribution in [1.82, 2.24) is 10.2 Å². The summed E-state index contributed by atoms with van der Waals surface area (Å²) in [7, 11) is 0. The van der Waals surface area contributed by atoms with Crippen molar-refractivity contribution in [2.24, 2.45) is 0 Å². The number of carbonyl (C=O) groups is 1. The molecule has 6 nitrogen and oxygen atoms in total. The Bertz CT molecular complexity index is 571. The maximum atomic E-state index is 12.5. The lowest BCUT2D eigenvalue weighted by molar-refractivity contribution is -0.384. The zero-order valence-electron chi connectivity index (χ0n) is 11.7. The van der Waals surface area contributed by atoms with Crippen LogP contribution >= 0.6 is 11.8 Å². The van der Waals surface area contributed by atoms with Crippen LogP contribution in [0.1, 0.15) is 24.6 Å². The topological polar surface area (TPSA) is 75.5 Å². The van der Waals surface area contributed by atoms with Crippen LogP contribution in [0.4, 0.5) is 5.69 Å². The van der Waals surface area contributed by atoms with Crippen molar-refractivity contribution < 1.29 is 9.72 Å². The van der Waals surface area contributed by atoms with E-state index in [2.05, 4.69) is 5.32 Å². The molecule has 2 aliphatic rings. The van der Waals surface area contributed by atoms with Crippen molar-refractivity contribution in [2.75, 3.05) is 18.6 Å². The first-order chi connectivity index (χ1) is 10.1. The predicted molar refractivity (Wildman–Crippen MR) is 81.0 cm³/mol. The number of benzene rings is 1. The van der Waals surface area contributed by atoms with E-state index in [0.29, 0.717) is 6.54 Å². The van der Waals surface area contributed by atoms with E-state index < -0.39 is 4.92 Å². The molecule has 1 aromatic carbocycles. The van der Waals surface area contributed by atoms with Crippen molar-refractivity contribution in [3.63, 3.8) is 0 Å². The lowest BCUT2D eigenvalue weighted by Gasteiger charge is -2.24. The molecule has 1 saturated heterocycles. The van der Waals surface area contributed by atoms with Crippen LogP contribution in [0.15, 0.2) is 24.3 Å². The fraction of sp³-hybridized carbons (Fsp3) is 0.500. The molecule has 1 heterocycles. The Balaban J connectivity index is 1.84. The SMILES string of the molecule is CSCCN1C(=O)C2(CC2)NC1c1ccc([N+](=O)[O-])cc1. The second-order valence-electron chi connectivity index (χ2n) is 5.47. The Labute approximate surface area is 127 Å². The number of non-ortho nitro benzene ring substituents is 1. The molecule has 0 radical (unpaired) electrons. The van der Waals surface area contributed by atoms with Crippen molar-refractivity contribution in [3.05, 3.63) is 39.9 Å². The largest absolute Gasteiger partial charge is 0.320 e. The zero-order chi connectivity index (χ0) is 15.0. The predicted octanol–water partition coefficient (Wildman–Crippen LogP) is 1.92. The van der Waals surface area contributed by atoms with E-state index in [1.54, 1.807) is 23.9 Å². The summed E-state index contributed by atoms with van der Waals surface area (Å²) in [6, 6.07) is 6.45. The van der Waals surface area contributed by atoms with Gasteiger partial charge in [0.1, 0.15) is 11.7 Å². The molecule has 1 aliphatic heterocycles. The zero-order valence-corrected chi connectivity index (χ0v) is 12.6. The van der Waals surface area contributed by atoms with Crippen LogP contribution in [0.2, 0.25) is 0 Å². The molecular formula is C14H17N3O3S. The van der Waals surface area contributed by atoms with Crippen LogP contribution < -0.4 is 5.32 Å². The van der Waals surface area contributed by atoms with Gasteiger partial charge in [0.25, 0.3) is 5.69 Å². The summed E-state index contributed by atoms with van der Waals surface area (Å²) in [4.78, 5) is 24.7. The van der Waals surface area contributed by atoms with E-state index in [-0.39, 0.29) is 23.3 Å². The second-order valence-corrected chi connectivity index (χ2v) is 6.45. The molecule has 3 rings (SSSR count). The molecule has 1 unspecified atom stereocenters. The molecule has 1 atom stereocenters. The van der Waals surface area contributed by atoms with Gasteiger partial charge in [-0.25, -0.2) is 0 Å². The number of hydrogen-bond acceptors (Lipinski definition) is 5. The number of nitrogens with zero attached hydrogens (tertiary/aromatic N) is 2. The van der Waals surface area contributed by atoms with Crippen molar-refractivity contribution >= 4 is 23.4 Å². The number of nitro benzene ring substituents is 1. The Morgan fingerprint density at radius 3 is 2.62 bits per heavy atom. The number of rotatable bonds is 5. The van der Waals surface area contributed by atoms with Gasteiger partial charge in [0, 0.05) is 24.4 Å². The molecule has 0 bridgehead atoms. The number of amides is 1. The summed E-state index contributed by atoms with van der Waals surface area (Å²) < 4.78 is 0. The quantitative estimate of drug-likeness (QED) is 0.664. The normalized spacial score (nSPS) is 22.8. The van der Waals surface area contributed by atoms with E-state index in [1.165, 1.54) is 12.1 Å². The van der Waals surface area contributed by atoms with Gasteiger partial charge in [0.05, 0.1) is 4.92 Å². The van der Waals surface area contributed by atoms with Gasteiger partial charge in [0.15, 0.2) is 0 Å². The van der Waals surface area contributed by atoms with Crippen LogP contribution in [0.25, 0.3) is 0 Å². The fourth-order valence-electron chi connectivity index (χ4n) is 2.74. The molecule has 1 aromatic rings. The fourth-order valence-corrected chi connectivity index (χ4v) is 3.12. The molecule has 1 N–H and O–H groups in total. The van der Waals surface area contributed by atoms with Gasteiger partial charge < -0.3 is 4.90 Å². The Morgan fingerprint density at radius 1 is 1.43 bits per heavy atom. The molecular weight excluding hydrogens is 290 g/mol. The van der Waals surface area contributed by atoms with E-state index in [1.807, 2.05) is 11.2 Å². The average Bonchev–Trinajstić information content (AvgIpc) is 3.21. The van der Waals surface area contributed by atoms with E-state index in [4.69, 9.17) is 0 Å². The van der Waals surface area contributed by atoms with Crippen LogP contribution in [-0.4, -0.2) is 39.8 Å². The number of thioether (sulfide) groups is 1. The lowest BCUT2D eigenvalue weighted by atomic mass is 10.1. The highest BCUT2D eigenvalue weighted by molar-refractivity contribution is 7.98. The van der Waals surface area contributed by atoms with Crippen molar-refractivity contribution in [2.45, 2.75) is 24.5 Å².